The molecule has 1 unspecified atom stereocenters. The van der Waals surface area contributed by atoms with Crippen LogP contribution in [0, 0.1) is 0 Å². The smallest absolute Gasteiger partial charge is 0.306 e. The Morgan fingerprint density at radius 3 is 0.836 bits per heavy atom. The summed E-state index contributed by atoms with van der Waals surface area (Å²) in [6.07, 6.45) is 79.4. The summed E-state index contributed by atoms with van der Waals surface area (Å²) < 4.78 is 16.8. The lowest BCUT2D eigenvalue weighted by molar-refractivity contribution is -0.167. The minimum Gasteiger partial charge on any atom is -0.462 e. The highest BCUT2D eigenvalue weighted by molar-refractivity contribution is 5.71. The molecule has 0 saturated carbocycles. The van der Waals surface area contributed by atoms with Gasteiger partial charge in [0.25, 0.3) is 0 Å². The Bertz CT molecular complexity index is 1360. The van der Waals surface area contributed by atoms with Crippen molar-refractivity contribution in [3.63, 3.8) is 0 Å². The predicted molar refractivity (Wildman–Crippen MR) is 316 cm³/mol. The fourth-order valence-electron chi connectivity index (χ4n) is 9.04. The van der Waals surface area contributed by atoms with Gasteiger partial charge in [-0.15, -0.1) is 0 Å². The Hall–Kier alpha value is -3.15. The van der Waals surface area contributed by atoms with Crippen LogP contribution in [0.25, 0.3) is 0 Å². The second kappa shape index (κ2) is 61.4. The molecule has 0 radical (unpaired) electrons. The molecular formula is C67H118O6. The van der Waals surface area contributed by atoms with E-state index in [-0.39, 0.29) is 31.1 Å². The number of carbonyl (C=O) groups excluding carboxylic acids is 3. The molecule has 0 rings (SSSR count). The molecule has 0 aromatic heterocycles. The van der Waals surface area contributed by atoms with Crippen LogP contribution in [0.3, 0.4) is 0 Å². The molecule has 0 fully saturated rings. The van der Waals surface area contributed by atoms with Crippen LogP contribution in [-0.4, -0.2) is 37.2 Å². The van der Waals surface area contributed by atoms with Gasteiger partial charge in [0, 0.05) is 19.3 Å². The zero-order valence-corrected chi connectivity index (χ0v) is 48.4. The van der Waals surface area contributed by atoms with Crippen molar-refractivity contribution in [1.82, 2.24) is 0 Å². The summed E-state index contributed by atoms with van der Waals surface area (Å²) in [5.74, 6) is -0.902. The first-order valence-corrected chi connectivity index (χ1v) is 31.4. The van der Waals surface area contributed by atoms with E-state index in [4.69, 9.17) is 14.2 Å². The van der Waals surface area contributed by atoms with Gasteiger partial charge in [-0.2, -0.15) is 0 Å². The van der Waals surface area contributed by atoms with Crippen LogP contribution in [0.4, 0.5) is 0 Å². The van der Waals surface area contributed by atoms with E-state index in [2.05, 4.69) is 93.7 Å². The number of hydrogen-bond acceptors (Lipinski definition) is 6. The number of hydrogen-bond donors (Lipinski definition) is 0. The predicted octanol–water partition coefficient (Wildman–Crippen LogP) is 21.3. The molecule has 1 atom stereocenters. The van der Waals surface area contributed by atoms with Crippen LogP contribution in [-0.2, 0) is 28.6 Å². The fraction of sp³-hybridized carbons (Fsp3) is 0.776. The number of unbranched alkanes of at least 4 members (excludes halogenated alkanes) is 34. The molecule has 6 nitrogen and oxygen atoms in total. The number of allylic oxidation sites excluding steroid dienone is 12. The molecule has 0 aliphatic rings. The molecule has 0 N–H and O–H groups in total. The van der Waals surface area contributed by atoms with E-state index in [1.165, 1.54) is 167 Å². The van der Waals surface area contributed by atoms with Gasteiger partial charge in [0.05, 0.1) is 0 Å². The summed E-state index contributed by atoms with van der Waals surface area (Å²) in [4.78, 5) is 38.0. The summed E-state index contributed by atoms with van der Waals surface area (Å²) in [6.45, 7) is 6.50. The highest BCUT2D eigenvalue weighted by Gasteiger charge is 2.19. The first-order valence-electron chi connectivity index (χ1n) is 31.4. The molecule has 0 aromatic carbocycles. The average molecular weight is 1020 g/mol. The Morgan fingerprint density at radius 2 is 0.534 bits per heavy atom. The van der Waals surface area contributed by atoms with Gasteiger partial charge < -0.3 is 14.2 Å². The first-order chi connectivity index (χ1) is 36.0. The molecular weight excluding hydrogens is 901 g/mol. The number of esters is 3. The Kier molecular flexibility index (Phi) is 58.7. The third-order valence-corrected chi connectivity index (χ3v) is 13.7. The van der Waals surface area contributed by atoms with E-state index in [9.17, 15) is 14.4 Å². The van der Waals surface area contributed by atoms with Gasteiger partial charge >= 0.3 is 17.9 Å². The van der Waals surface area contributed by atoms with Crippen molar-refractivity contribution < 1.29 is 28.6 Å². The van der Waals surface area contributed by atoms with Crippen molar-refractivity contribution in [3.8, 4) is 0 Å². The van der Waals surface area contributed by atoms with E-state index in [0.29, 0.717) is 19.3 Å². The van der Waals surface area contributed by atoms with Crippen molar-refractivity contribution in [2.75, 3.05) is 13.2 Å². The molecule has 0 amide bonds. The first kappa shape index (κ1) is 69.8. The standard InChI is InChI=1S/C67H118O6/c1-4-7-10-13-16-18-20-22-24-26-28-30-32-33-35-36-38-40-42-44-46-48-51-54-57-60-66(69)72-63-64(62-71-65(68)59-56-53-50-15-12-9-6-3)73-67(70)61-58-55-52-49-47-45-43-41-39-37-34-31-29-27-25-23-21-19-17-14-11-8-5-2/h8,11,17,19,23,25,29,31,37,39,43,45,64H,4-7,9-10,12-16,18,20-22,24,26-28,30,32-36,38,40-42,44,46-63H2,1-3H3/b11-8-,19-17-,25-23-,31-29-,39-37-,45-43-. The topological polar surface area (TPSA) is 78.9 Å². The monoisotopic (exact) mass is 1020 g/mol. The molecule has 0 spiro atoms. The molecule has 0 aliphatic carbocycles. The maximum absolute atomic E-state index is 12.8. The summed E-state index contributed by atoms with van der Waals surface area (Å²) in [5, 5.41) is 0. The van der Waals surface area contributed by atoms with Gasteiger partial charge in [-0.05, 0) is 70.6 Å². The quantitative estimate of drug-likeness (QED) is 0.0261. The fourth-order valence-corrected chi connectivity index (χ4v) is 9.04. The van der Waals surface area contributed by atoms with Gasteiger partial charge in [0.2, 0.25) is 0 Å². The normalized spacial score (nSPS) is 12.5. The van der Waals surface area contributed by atoms with E-state index < -0.39 is 6.10 Å². The Labute approximate surface area is 453 Å². The minimum atomic E-state index is -0.786. The van der Waals surface area contributed by atoms with E-state index in [1.54, 1.807) is 0 Å². The highest BCUT2D eigenvalue weighted by Crippen LogP contribution is 2.17. The molecule has 0 aromatic rings. The largest absolute Gasteiger partial charge is 0.462 e. The van der Waals surface area contributed by atoms with Gasteiger partial charge in [-0.3, -0.25) is 14.4 Å². The van der Waals surface area contributed by atoms with Crippen LogP contribution in [0.1, 0.15) is 316 Å². The van der Waals surface area contributed by atoms with Crippen LogP contribution >= 0.6 is 0 Å². The molecule has 0 saturated heterocycles. The van der Waals surface area contributed by atoms with Crippen molar-refractivity contribution in [3.05, 3.63) is 72.9 Å². The summed E-state index contributed by atoms with van der Waals surface area (Å²) in [5.41, 5.74) is 0. The second-order valence-electron chi connectivity index (χ2n) is 21.0. The van der Waals surface area contributed by atoms with Crippen molar-refractivity contribution in [2.24, 2.45) is 0 Å². The van der Waals surface area contributed by atoms with Gasteiger partial charge in [0.1, 0.15) is 13.2 Å². The van der Waals surface area contributed by atoms with Gasteiger partial charge in [-0.1, -0.05) is 299 Å². The molecule has 6 heteroatoms. The molecule has 0 heterocycles. The number of ether oxygens (including phenoxy) is 3. The van der Waals surface area contributed by atoms with Crippen LogP contribution < -0.4 is 0 Å². The number of carbonyl (C=O) groups is 3. The lowest BCUT2D eigenvalue weighted by Crippen LogP contribution is -2.30. The molecule has 0 bridgehead atoms. The summed E-state index contributed by atoms with van der Waals surface area (Å²) in [6, 6.07) is 0. The van der Waals surface area contributed by atoms with Gasteiger partial charge in [-0.25, -0.2) is 0 Å². The maximum atomic E-state index is 12.8. The Morgan fingerprint density at radius 1 is 0.288 bits per heavy atom. The van der Waals surface area contributed by atoms with Crippen molar-refractivity contribution >= 4 is 17.9 Å². The second-order valence-corrected chi connectivity index (χ2v) is 21.0. The van der Waals surface area contributed by atoms with Gasteiger partial charge in [0.15, 0.2) is 6.10 Å². The average Bonchev–Trinajstić information content (AvgIpc) is 3.39. The van der Waals surface area contributed by atoms with E-state index >= 15 is 0 Å². The lowest BCUT2D eigenvalue weighted by Gasteiger charge is -2.18. The zero-order chi connectivity index (χ0) is 52.9. The lowest BCUT2D eigenvalue weighted by atomic mass is 10.0. The zero-order valence-electron chi connectivity index (χ0n) is 48.4. The highest BCUT2D eigenvalue weighted by atomic mass is 16.6. The molecule has 422 valence electrons. The third-order valence-electron chi connectivity index (χ3n) is 13.7. The van der Waals surface area contributed by atoms with E-state index in [0.717, 1.165) is 109 Å². The molecule has 73 heavy (non-hydrogen) atoms. The van der Waals surface area contributed by atoms with Crippen LogP contribution in [0.5, 0.6) is 0 Å². The Balaban J connectivity index is 4.17. The van der Waals surface area contributed by atoms with Crippen molar-refractivity contribution in [2.45, 2.75) is 322 Å². The summed E-state index contributed by atoms with van der Waals surface area (Å²) >= 11 is 0. The van der Waals surface area contributed by atoms with Crippen LogP contribution in [0.15, 0.2) is 72.9 Å². The number of rotatable bonds is 57. The summed E-state index contributed by atoms with van der Waals surface area (Å²) in [7, 11) is 0. The third kappa shape index (κ3) is 59.6. The molecule has 0 aliphatic heterocycles. The SMILES string of the molecule is CC/C=C\C/C=C\C/C=C\C/C=C\C/C=C\C/C=C\CCCCCCC(=O)OC(COC(=O)CCCCCCCCC)COC(=O)CCCCCCCCCCCCCCCCCCCCCCCCCCC. The van der Waals surface area contributed by atoms with Crippen LogP contribution in [0.2, 0.25) is 0 Å². The minimum absolute atomic E-state index is 0.0827. The maximum Gasteiger partial charge on any atom is 0.306 e. The van der Waals surface area contributed by atoms with E-state index in [1.807, 2.05) is 0 Å². The van der Waals surface area contributed by atoms with Crippen molar-refractivity contribution in [1.29, 1.82) is 0 Å².